The number of hydrogen-bond donors (Lipinski definition) is 2. The van der Waals surface area contributed by atoms with Crippen LogP contribution in [0.5, 0.6) is 0 Å². The van der Waals surface area contributed by atoms with Gasteiger partial charge < -0.3 is 15.3 Å². The monoisotopic (exact) mass is 427 g/mol. The third-order valence-electron chi connectivity index (χ3n) is 8.55. The molecule has 6 heteroatoms. The van der Waals surface area contributed by atoms with Gasteiger partial charge in [0.15, 0.2) is 0 Å². The topological polar surface area (TPSA) is 82.5 Å². The van der Waals surface area contributed by atoms with Crippen LogP contribution in [0.3, 0.4) is 0 Å². The number of carbonyl (C=O) groups is 2. The lowest BCUT2D eigenvalue weighted by Crippen LogP contribution is -2.58. The number of nitrogens with one attached hydrogen (secondary N) is 1. The maximum absolute atomic E-state index is 13.0. The van der Waals surface area contributed by atoms with Crippen molar-refractivity contribution in [3.8, 4) is 0 Å². The summed E-state index contributed by atoms with van der Waals surface area (Å²) in [5.74, 6) is 0.0856. The SMILES string of the molecule is C[C@H]1[C@@H]2[C@@H](O)[C@@H]([C@H](C)C(=O)N3CCCC3)CC[C@@]2(C)CC[C@@H]1NC(=O)c1ccccn1. The Labute approximate surface area is 185 Å². The number of fused-ring (bicyclic) bond motifs is 1. The van der Waals surface area contributed by atoms with Gasteiger partial charge in [-0.3, -0.25) is 14.6 Å². The van der Waals surface area contributed by atoms with Gasteiger partial charge in [0.25, 0.3) is 5.91 Å². The highest BCUT2D eigenvalue weighted by Gasteiger charge is 2.54. The van der Waals surface area contributed by atoms with Crippen LogP contribution in [0.1, 0.15) is 69.8 Å². The maximum atomic E-state index is 13.0. The first-order valence-corrected chi connectivity index (χ1v) is 12.0. The number of aliphatic hydroxyl groups is 1. The van der Waals surface area contributed by atoms with Crippen molar-refractivity contribution in [1.82, 2.24) is 15.2 Å². The van der Waals surface area contributed by atoms with Gasteiger partial charge in [0.2, 0.25) is 5.91 Å². The van der Waals surface area contributed by atoms with Crippen molar-refractivity contribution in [1.29, 1.82) is 0 Å². The predicted molar refractivity (Wildman–Crippen MR) is 119 cm³/mol. The van der Waals surface area contributed by atoms with E-state index >= 15 is 0 Å². The molecule has 7 atom stereocenters. The molecule has 2 heterocycles. The lowest BCUT2D eigenvalue weighted by molar-refractivity contribution is -0.149. The molecule has 4 rings (SSSR count). The third-order valence-corrected chi connectivity index (χ3v) is 8.55. The van der Waals surface area contributed by atoms with Crippen molar-refractivity contribution >= 4 is 11.8 Å². The summed E-state index contributed by atoms with van der Waals surface area (Å²) in [6.45, 7) is 8.16. The van der Waals surface area contributed by atoms with E-state index in [4.69, 9.17) is 0 Å². The Balaban J connectivity index is 1.48. The Kier molecular flexibility index (Phi) is 6.38. The van der Waals surface area contributed by atoms with Gasteiger partial charge in [-0.15, -0.1) is 0 Å². The molecular formula is C25H37N3O3. The van der Waals surface area contributed by atoms with E-state index in [9.17, 15) is 14.7 Å². The zero-order valence-electron chi connectivity index (χ0n) is 19.1. The maximum Gasteiger partial charge on any atom is 0.270 e. The van der Waals surface area contributed by atoms with Crippen LogP contribution >= 0.6 is 0 Å². The quantitative estimate of drug-likeness (QED) is 0.773. The molecule has 0 spiro atoms. The first kappa shape index (κ1) is 22.3. The Morgan fingerprint density at radius 3 is 2.61 bits per heavy atom. The van der Waals surface area contributed by atoms with E-state index in [0.29, 0.717) is 5.69 Å². The fourth-order valence-corrected chi connectivity index (χ4v) is 6.65. The number of aromatic nitrogens is 1. The summed E-state index contributed by atoms with van der Waals surface area (Å²) >= 11 is 0. The van der Waals surface area contributed by atoms with Crippen LogP contribution < -0.4 is 5.32 Å². The van der Waals surface area contributed by atoms with Crippen LogP contribution in [0.4, 0.5) is 0 Å². The van der Waals surface area contributed by atoms with E-state index in [0.717, 1.165) is 51.6 Å². The van der Waals surface area contributed by atoms with E-state index < -0.39 is 6.10 Å². The van der Waals surface area contributed by atoms with Gasteiger partial charge in [0.05, 0.1) is 6.10 Å². The molecule has 2 N–H and O–H groups in total. The van der Waals surface area contributed by atoms with Crippen LogP contribution in [0.15, 0.2) is 24.4 Å². The third kappa shape index (κ3) is 4.23. The summed E-state index contributed by atoms with van der Waals surface area (Å²) in [4.78, 5) is 31.9. The van der Waals surface area contributed by atoms with Gasteiger partial charge >= 0.3 is 0 Å². The van der Waals surface area contributed by atoms with Crippen LogP contribution in [0.25, 0.3) is 0 Å². The number of nitrogens with zero attached hydrogens (tertiary/aromatic N) is 2. The number of aliphatic hydroxyl groups excluding tert-OH is 1. The molecule has 3 fully saturated rings. The molecule has 170 valence electrons. The smallest absolute Gasteiger partial charge is 0.270 e. The fourth-order valence-electron chi connectivity index (χ4n) is 6.65. The lowest BCUT2D eigenvalue weighted by atomic mass is 9.51. The van der Waals surface area contributed by atoms with E-state index in [-0.39, 0.29) is 46.9 Å². The molecular weight excluding hydrogens is 390 g/mol. The molecule has 0 unspecified atom stereocenters. The van der Waals surface area contributed by atoms with E-state index in [1.807, 2.05) is 17.9 Å². The molecule has 2 saturated carbocycles. The highest BCUT2D eigenvalue weighted by atomic mass is 16.3. The highest BCUT2D eigenvalue weighted by Crippen LogP contribution is 2.55. The minimum Gasteiger partial charge on any atom is -0.392 e. The molecule has 1 aromatic rings. The zero-order valence-corrected chi connectivity index (χ0v) is 19.1. The zero-order chi connectivity index (χ0) is 22.2. The Morgan fingerprint density at radius 2 is 1.94 bits per heavy atom. The van der Waals surface area contributed by atoms with E-state index in [2.05, 4.69) is 24.1 Å². The number of rotatable bonds is 4. The molecule has 1 aliphatic heterocycles. The molecule has 0 radical (unpaired) electrons. The summed E-state index contributed by atoms with van der Waals surface area (Å²) in [6.07, 6.45) is 7.09. The molecule has 0 aromatic carbocycles. The van der Waals surface area contributed by atoms with Crippen molar-refractivity contribution in [2.75, 3.05) is 13.1 Å². The van der Waals surface area contributed by atoms with Crippen molar-refractivity contribution in [2.45, 2.75) is 71.4 Å². The van der Waals surface area contributed by atoms with Crippen LogP contribution in [-0.4, -0.2) is 52.0 Å². The molecule has 6 nitrogen and oxygen atoms in total. The Bertz CT molecular complexity index is 794. The minimum absolute atomic E-state index is 0.00516. The van der Waals surface area contributed by atoms with Gasteiger partial charge in [0, 0.05) is 31.2 Å². The van der Waals surface area contributed by atoms with Crippen LogP contribution in [0, 0.1) is 29.1 Å². The average molecular weight is 428 g/mol. The van der Waals surface area contributed by atoms with Crippen LogP contribution in [0.2, 0.25) is 0 Å². The number of carbonyl (C=O) groups excluding carboxylic acids is 2. The summed E-state index contributed by atoms with van der Waals surface area (Å²) in [6, 6.07) is 5.35. The molecule has 3 aliphatic rings. The Morgan fingerprint density at radius 1 is 1.23 bits per heavy atom. The van der Waals surface area contributed by atoms with Crippen molar-refractivity contribution < 1.29 is 14.7 Å². The first-order chi connectivity index (χ1) is 14.8. The summed E-state index contributed by atoms with van der Waals surface area (Å²) < 4.78 is 0. The van der Waals surface area contributed by atoms with E-state index in [1.165, 1.54) is 0 Å². The number of likely N-dealkylation sites (tertiary alicyclic amines) is 1. The second-order valence-corrected chi connectivity index (χ2v) is 10.4. The van der Waals surface area contributed by atoms with Gasteiger partial charge in [0.1, 0.15) is 5.69 Å². The standard InChI is InChI=1S/C25H37N3O3/c1-16(24(31)28-14-6-7-15-28)18-9-11-25(3)12-10-19(17(2)21(25)22(18)29)27-23(30)20-8-4-5-13-26-20/h4-5,8,13,16-19,21-22,29H,6-7,9-12,14-15H2,1-3H3,(H,27,30)/t16-,17+,18+,19-,21+,22-,25-/m0/s1. The van der Waals surface area contributed by atoms with Gasteiger partial charge in [-0.1, -0.05) is 26.8 Å². The summed E-state index contributed by atoms with van der Waals surface area (Å²) in [7, 11) is 0. The van der Waals surface area contributed by atoms with Gasteiger partial charge in [-0.25, -0.2) is 0 Å². The number of amides is 2. The number of hydrogen-bond acceptors (Lipinski definition) is 4. The average Bonchev–Trinajstić information content (AvgIpc) is 3.30. The number of pyridine rings is 1. The second-order valence-electron chi connectivity index (χ2n) is 10.4. The molecule has 0 bridgehead atoms. The lowest BCUT2D eigenvalue weighted by Gasteiger charge is -2.56. The highest BCUT2D eigenvalue weighted by molar-refractivity contribution is 5.92. The minimum atomic E-state index is -0.523. The molecule has 31 heavy (non-hydrogen) atoms. The molecule has 2 amide bonds. The van der Waals surface area contributed by atoms with Crippen molar-refractivity contribution in [3.63, 3.8) is 0 Å². The van der Waals surface area contributed by atoms with Gasteiger partial charge in [-0.05, 0) is 73.8 Å². The Hall–Kier alpha value is -1.95. The second kappa shape index (κ2) is 8.89. The summed E-state index contributed by atoms with van der Waals surface area (Å²) in [5.41, 5.74) is 0.479. The first-order valence-electron chi connectivity index (χ1n) is 12.0. The van der Waals surface area contributed by atoms with Crippen molar-refractivity contribution in [2.24, 2.45) is 29.1 Å². The molecule has 1 aromatic heterocycles. The molecule has 2 aliphatic carbocycles. The van der Waals surface area contributed by atoms with E-state index in [1.54, 1.807) is 18.3 Å². The van der Waals surface area contributed by atoms with Gasteiger partial charge in [-0.2, -0.15) is 0 Å². The van der Waals surface area contributed by atoms with Crippen LogP contribution in [-0.2, 0) is 4.79 Å². The largest absolute Gasteiger partial charge is 0.392 e. The molecule has 1 saturated heterocycles. The fraction of sp³-hybridized carbons (Fsp3) is 0.720. The normalized spacial score (nSPS) is 36.5. The summed E-state index contributed by atoms with van der Waals surface area (Å²) in [5, 5.41) is 14.7. The predicted octanol–water partition coefficient (Wildman–Crippen LogP) is 3.26. The van der Waals surface area contributed by atoms with Crippen molar-refractivity contribution in [3.05, 3.63) is 30.1 Å².